The second-order valence-electron chi connectivity index (χ2n) is 5.83. The van der Waals surface area contributed by atoms with Crippen LogP contribution in [-0.2, 0) is 19.9 Å². The number of aryl methyl sites for hydroxylation is 1. The third-order valence-electron chi connectivity index (χ3n) is 3.97. The maximum Gasteiger partial charge on any atom is 0.247 e. The van der Waals surface area contributed by atoms with Crippen LogP contribution in [0.15, 0.2) is 23.1 Å². The van der Waals surface area contributed by atoms with Crippen LogP contribution in [0.2, 0.25) is 0 Å². The molecule has 0 aromatic heterocycles. The summed E-state index contributed by atoms with van der Waals surface area (Å²) in [6.45, 7) is 3.97. The van der Waals surface area contributed by atoms with Gasteiger partial charge in [-0.05, 0) is 37.5 Å². The largest absolute Gasteiger partial charge is 0.495 e. The normalized spacial score (nSPS) is 20.8. The number of benzene rings is 1. The lowest BCUT2D eigenvalue weighted by molar-refractivity contribution is 0.336. The summed E-state index contributed by atoms with van der Waals surface area (Å²) in [5, 5.41) is 0. The molecule has 0 bridgehead atoms. The number of sulfonamides is 1. The van der Waals surface area contributed by atoms with Crippen molar-refractivity contribution in [2.75, 3.05) is 25.2 Å². The second-order valence-corrected chi connectivity index (χ2v) is 9.91. The van der Waals surface area contributed by atoms with Crippen molar-refractivity contribution in [1.29, 1.82) is 0 Å². The Labute approximate surface area is 138 Å². The van der Waals surface area contributed by atoms with E-state index in [1.165, 1.54) is 11.4 Å². The number of nitrogens with zero attached hydrogens (tertiary/aromatic N) is 1. The molecule has 0 saturated carbocycles. The lowest BCUT2D eigenvalue weighted by Gasteiger charge is -2.27. The van der Waals surface area contributed by atoms with Gasteiger partial charge in [0.05, 0.1) is 18.6 Å². The molecular formula is C15H23NO5S2. The van der Waals surface area contributed by atoms with E-state index in [0.29, 0.717) is 19.4 Å². The van der Waals surface area contributed by atoms with Crippen molar-refractivity contribution in [2.45, 2.75) is 37.6 Å². The predicted molar refractivity (Wildman–Crippen MR) is 89.0 cm³/mol. The van der Waals surface area contributed by atoms with Crippen LogP contribution in [0.5, 0.6) is 5.75 Å². The van der Waals surface area contributed by atoms with Gasteiger partial charge in [0.15, 0.2) is 9.84 Å². The first-order valence-electron chi connectivity index (χ1n) is 7.58. The molecule has 0 aliphatic carbocycles. The Morgan fingerprint density at radius 2 is 2.04 bits per heavy atom. The summed E-state index contributed by atoms with van der Waals surface area (Å²) in [5.74, 6) is 0.205. The van der Waals surface area contributed by atoms with Crippen molar-refractivity contribution in [3.8, 4) is 5.75 Å². The number of ether oxygens (including phenoxy) is 1. The van der Waals surface area contributed by atoms with Crippen molar-refractivity contribution < 1.29 is 21.6 Å². The van der Waals surface area contributed by atoms with Crippen molar-refractivity contribution >= 4 is 19.9 Å². The highest BCUT2D eigenvalue weighted by Gasteiger charge is 2.39. The number of rotatable bonds is 6. The molecule has 0 unspecified atom stereocenters. The van der Waals surface area contributed by atoms with Crippen molar-refractivity contribution in [1.82, 2.24) is 4.31 Å². The topological polar surface area (TPSA) is 80.8 Å². The van der Waals surface area contributed by atoms with Crippen LogP contribution in [0.4, 0.5) is 0 Å². The van der Waals surface area contributed by atoms with Gasteiger partial charge in [-0.25, -0.2) is 16.8 Å². The van der Waals surface area contributed by atoms with Gasteiger partial charge in [-0.3, -0.25) is 0 Å². The van der Waals surface area contributed by atoms with Crippen LogP contribution < -0.4 is 4.74 Å². The van der Waals surface area contributed by atoms with E-state index in [4.69, 9.17) is 4.74 Å². The zero-order valence-corrected chi connectivity index (χ0v) is 15.3. The first kappa shape index (κ1) is 18.2. The van der Waals surface area contributed by atoms with Crippen molar-refractivity contribution in [3.63, 3.8) is 0 Å². The smallest absolute Gasteiger partial charge is 0.247 e. The fraction of sp³-hybridized carbons (Fsp3) is 0.600. The molecule has 23 heavy (non-hydrogen) atoms. The Kier molecular flexibility index (Phi) is 5.37. The summed E-state index contributed by atoms with van der Waals surface area (Å²) < 4.78 is 56.2. The summed E-state index contributed by atoms with van der Waals surface area (Å²) in [5.41, 5.74) is 0.805. The summed E-state index contributed by atoms with van der Waals surface area (Å²) in [6, 6.07) is 4.47. The molecule has 1 aliphatic rings. The number of sulfone groups is 1. The highest BCUT2D eigenvalue weighted by molar-refractivity contribution is 7.92. The monoisotopic (exact) mass is 361 g/mol. The van der Waals surface area contributed by atoms with E-state index in [1.54, 1.807) is 18.2 Å². The number of methoxy groups -OCH3 is 1. The zero-order chi connectivity index (χ0) is 17.3. The number of hydrogen-bond acceptors (Lipinski definition) is 5. The Morgan fingerprint density at radius 1 is 1.35 bits per heavy atom. The average molecular weight is 361 g/mol. The number of hydrogen-bond donors (Lipinski definition) is 0. The highest BCUT2D eigenvalue weighted by atomic mass is 32.2. The summed E-state index contributed by atoms with van der Waals surface area (Å²) >= 11 is 0. The molecule has 1 aromatic rings. The average Bonchev–Trinajstić information content (AvgIpc) is 2.84. The molecule has 1 aromatic carbocycles. The first-order chi connectivity index (χ1) is 10.7. The zero-order valence-electron chi connectivity index (χ0n) is 13.6. The minimum Gasteiger partial charge on any atom is -0.495 e. The predicted octanol–water partition coefficient (Wildman–Crippen LogP) is 1.59. The molecule has 130 valence electrons. The van der Waals surface area contributed by atoms with Crippen LogP contribution >= 0.6 is 0 Å². The molecule has 2 rings (SSSR count). The minimum absolute atomic E-state index is 0.0400. The van der Waals surface area contributed by atoms with E-state index in [-0.39, 0.29) is 22.2 Å². The van der Waals surface area contributed by atoms with Gasteiger partial charge in [0.25, 0.3) is 0 Å². The maximum absolute atomic E-state index is 13.1. The molecule has 0 radical (unpaired) electrons. The van der Waals surface area contributed by atoms with E-state index in [1.807, 2.05) is 13.8 Å². The van der Waals surface area contributed by atoms with Gasteiger partial charge in [-0.2, -0.15) is 4.31 Å². The maximum atomic E-state index is 13.1. The lowest BCUT2D eigenvalue weighted by atomic mass is 10.2. The van der Waals surface area contributed by atoms with E-state index in [2.05, 4.69) is 0 Å². The molecule has 0 amide bonds. The lowest BCUT2D eigenvalue weighted by Crippen LogP contribution is -2.41. The van der Waals surface area contributed by atoms with E-state index in [0.717, 1.165) is 5.56 Å². The van der Waals surface area contributed by atoms with E-state index >= 15 is 0 Å². The van der Waals surface area contributed by atoms with Gasteiger partial charge in [-0.15, -0.1) is 0 Å². The minimum atomic E-state index is -3.82. The van der Waals surface area contributed by atoms with Gasteiger partial charge in [-0.1, -0.05) is 13.0 Å². The molecule has 1 saturated heterocycles. The summed E-state index contributed by atoms with van der Waals surface area (Å²) in [7, 11) is -5.56. The molecule has 6 nitrogen and oxygen atoms in total. The standard InChI is InChI=1S/C15H23NO5S2/c1-4-8-16(13-7-9-22(17,18)11-13)23(19,20)15-10-12(2)5-6-14(15)21-3/h5-6,10,13H,4,7-9,11H2,1-3H3/t13-/m0/s1. The van der Waals surface area contributed by atoms with Crippen LogP contribution in [0.25, 0.3) is 0 Å². The summed E-state index contributed by atoms with van der Waals surface area (Å²) in [4.78, 5) is 0.0951. The van der Waals surface area contributed by atoms with Crippen LogP contribution in [0.3, 0.4) is 0 Å². The van der Waals surface area contributed by atoms with Gasteiger partial charge < -0.3 is 4.74 Å². The quantitative estimate of drug-likeness (QED) is 0.769. The van der Waals surface area contributed by atoms with E-state index in [9.17, 15) is 16.8 Å². The first-order valence-corrected chi connectivity index (χ1v) is 10.8. The van der Waals surface area contributed by atoms with E-state index < -0.39 is 25.9 Å². The third kappa shape index (κ3) is 3.87. The SMILES string of the molecule is CCCN([C@H]1CCS(=O)(=O)C1)S(=O)(=O)c1cc(C)ccc1OC. The fourth-order valence-corrected chi connectivity index (χ4v) is 6.65. The molecule has 8 heteroatoms. The van der Waals surface area contributed by atoms with Crippen molar-refractivity contribution in [2.24, 2.45) is 0 Å². The van der Waals surface area contributed by atoms with Crippen molar-refractivity contribution in [3.05, 3.63) is 23.8 Å². The Morgan fingerprint density at radius 3 is 2.57 bits per heavy atom. The molecule has 1 atom stereocenters. The molecule has 0 N–H and O–H groups in total. The Balaban J connectivity index is 2.48. The van der Waals surface area contributed by atoms with Gasteiger partial charge in [0.1, 0.15) is 10.6 Å². The van der Waals surface area contributed by atoms with Crippen LogP contribution in [-0.4, -0.2) is 52.3 Å². The molecule has 0 spiro atoms. The van der Waals surface area contributed by atoms with Gasteiger partial charge >= 0.3 is 0 Å². The Bertz CT molecular complexity index is 771. The van der Waals surface area contributed by atoms with Crippen LogP contribution in [0, 0.1) is 6.92 Å². The molecule has 1 heterocycles. The molecule has 1 fully saturated rings. The molecular weight excluding hydrogens is 338 g/mol. The fourth-order valence-electron chi connectivity index (χ4n) is 2.83. The second kappa shape index (κ2) is 6.78. The van der Waals surface area contributed by atoms with Gasteiger partial charge in [0, 0.05) is 12.6 Å². The molecule has 1 aliphatic heterocycles. The van der Waals surface area contributed by atoms with Gasteiger partial charge in [0.2, 0.25) is 10.0 Å². The third-order valence-corrected chi connectivity index (χ3v) is 7.69. The Hall–Kier alpha value is -1.12. The van der Waals surface area contributed by atoms with Crippen LogP contribution in [0.1, 0.15) is 25.3 Å². The highest BCUT2D eigenvalue weighted by Crippen LogP contribution is 2.31. The summed E-state index contributed by atoms with van der Waals surface area (Å²) in [6.07, 6.45) is 0.958.